The number of carboxylic acids is 1. The summed E-state index contributed by atoms with van der Waals surface area (Å²) in [6.07, 6.45) is 0. The number of hydrogen-bond donors (Lipinski definition) is 1. The number of hydrogen-bond acceptors (Lipinski definition) is 5. The van der Waals surface area contributed by atoms with E-state index in [2.05, 4.69) is 33.6 Å². The second-order valence-electron chi connectivity index (χ2n) is 4.64. The minimum atomic E-state index is -1.03. The highest BCUT2D eigenvalue weighted by Crippen LogP contribution is 2.23. The Labute approximate surface area is 144 Å². The van der Waals surface area contributed by atoms with Gasteiger partial charge in [-0.2, -0.15) is 5.26 Å². The quantitative estimate of drug-likeness (QED) is 0.649. The molecule has 0 saturated heterocycles. The summed E-state index contributed by atoms with van der Waals surface area (Å²) in [4.78, 5) is 15.2. The van der Waals surface area contributed by atoms with Crippen LogP contribution in [0.4, 0.5) is 0 Å². The van der Waals surface area contributed by atoms with Crippen molar-refractivity contribution < 1.29 is 19.1 Å². The molecule has 3 aromatic rings. The molecule has 7 heteroatoms. The van der Waals surface area contributed by atoms with Gasteiger partial charge < -0.3 is 14.3 Å². The maximum absolute atomic E-state index is 10.9. The maximum atomic E-state index is 10.9. The van der Waals surface area contributed by atoms with Gasteiger partial charge in [-0.25, -0.2) is 9.78 Å². The maximum Gasteiger partial charge on any atom is 0.335 e. The molecule has 0 fully saturated rings. The van der Waals surface area contributed by atoms with Crippen molar-refractivity contribution >= 4 is 39.7 Å². The molecule has 1 N–H and O–H groups in total. The van der Waals surface area contributed by atoms with Crippen molar-refractivity contribution in [3.05, 3.63) is 57.0 Å². The summed E-state index contributed by atoms with van der Waals surface area (Å²) in [6, 6.07) is 11.8. The molecule has 0 aliphatic rings. The van der Waals surface area contributed by atoms with Gasteiger partial charge in [0.1, 0.15) is 17.3 Å². The van der Waals surface area contributed by atoms with Crippen LogP contribution in [0.25, 0.3) is 11.1 Å². The van der Waals surface area contributed by atoms with Gasteiger partial charge in [0.15, 0.2) is 12.2 Å². The number of aromatic carboxylic acids is 1. The van der Waals surface area contributed by atoms with Crippen LogP contribution in [0, 0.1) is 14.9 Å². The van der Waals surface area contributed by atoms with Gasteiger partial charge in [-0.1, -0.05) is 0 Å². The first-order chi connectivity index (χ1) is 11.1. The van der Waals surface area contributed by atoms with E-state index in [1.807, 2.05) is 6.07 Å². The van der Waals surface area contributed by atoms with E-state index in [0.29, 0.717) is 28.3 Å². The normalized spacial score (nSPS) is 10.4. The topological polar surface area (TPSA) is 96.3 Å². The van der Waals surface area contributed by atoms with Gasteiger partial charge in [-0.3, -0.25) is 0 Å². The highest BCUT2D eigenvalue weighted by Gasteiger charge is 2.11. The molecule has 0 atom stereocenters. The van der Waals surface area contributed by atoms with E-state index in [-0.39, 0.29) is 12.2 Å². The van der Waals surface area contributed by atoms with Crippen LogP contribution < -0.4 is 4.74 Å². The third-order valence-corrected chi connectivity index (χ3v) is 3.76. The summed E-state index contributed by atoms with van der Waals surface area (Å²) in [5, 5.41) is 18.1. The Bertz CT molecular complexity index is 943. The van der Waals surface area contributed by atoms with Crippen molar-refractivity contribution in [3.63, 3.8) is 0 Å². The number of benzene rings is 2. The lowest BCUT2D eigenvalue weighted by molar-refractivity contribution is 0.0697. The van der Waals surface area contributed by atoms with Crippen molar-refractivity contribution in [1.82, 2.24) is 4.98 Å². The molecule has 114 valence electrons. The van der Waals surface area contributed by atoms with E-state index in [9.17, 15) is 4.79 Å². The Morgan fingerprint density at radius 2 is 2.17 bits per heavy atom. The molecule has 0 spiro atoms. The van der Waals surface area contributed by atoms with E-state index in [4.69, 9.17) is 19.5 Å². The number of ether oxygens (including phenoxy) is 1. The summed E-state index contributed by atoms with van der Waals surface area (Å²) in [5.74, 6) is -0.273. The van der Waals surface area contributed by atoms with Crippen LogP contribution in [0.3, 0.4) is 0 Å². The molecule has 2 aromatic carbocycles. The third-order valence-electron chi connectivity index (χ3n) is 3.09. The molecule has 1 heterocycles. The smallest absolute Gasteiger partial charge is 0.335 e. The van der Waals surface area contributed by atoms with Crippen molar-refractivity contribution in [2.45, 2.75) is 6.61 Å². The highest BCUT2D eigenvalue weighted by molar-refractivity contribution is 14.1. The predicted molar refractivity (Wildman–Crippen MR) is 89.2 cm³/mol. The van der Waals surface area contributed by atoms with Gasteiger partial charge in [0.05, 0.1) is 11.1 Å². The average molecular weight is 420 g/mol. The van der Waals surface area contributed by atoms with Gasteiger partial charge in [0.2, 0.25) is 5.89 Å². The summed E-state index contributed by atoms with van der Waals surface area (Å²) < 4.78 is 12.0. The van der Waals surface area contributed by atoms with Crippen LogP contribution in [0.15, 0.2) is 40.8 Å². The van der Waals surface area contributed by atoms with Crippen LogP contribution in [-0.4, -0.2) is 16.1 Å². The Balaban J connectivity index is 1.82. The lowest BCUT2D eigenvalue weighted by Crippen LogP contribution is -1.97. The van der Waals surface area contributed by atoms with Crippen molar-refractivity contribution in [1.29, 1.82) is 5.26 Å². The predicted octanol–water partition coefficient (Wildman–Crippen LogP) is 3.58. The van der Waals surface area contributed by atoms with E-state index < -0.39 is 5.97 Å². The molecular weight excluding hydrogens is 411 g/mol. The van der Waals surface area contributed by atoms with E-state index in [1.165, 1.54) is 12.1 Å². The monoisotopic (exact) mass is 420 g/mol. The van der Waals surface area contributed by atoms with E-state index in [1.54, 1.807) is 18.2 Å². The molecule has 3 rings (SSSR count). The highest BCUT2D eigenvalue weighted by atomic mass is 127. The first-order valence-electron chi connectivity index (χ1n) is 6.52. The zero-order chi connectivity index (χ0) is 16.4. The van der Waals surface area contributed by atoms with Gasteiger partial charge in [-0.05, 0) is 59.0 Å². The van der Waals surface area contributed by atoms with Crippen LogP contribution in [0.1, 0.15) is 21.8 Å². The molecule has 0 bridgehead atoms. The molecule has 0 saturated carbocycles. The molecule has 0 aliphatic carbocycles. The average Bonchev–Trinajstić information content (AvgIpc) is 2.95. The van der Waals surface area contributed by atoms with Crippen molar-refractivity contribution in [2.75, 3.05) is 0 Å². The zero-order valence-corrected chi connectivity index (χ0v) is 13.8. The van der Waals surface area contributed by atoms with Gasteiger partial charge in [0, 0.05) is 3.57 Å². The van der Waals surface area contributed by atoms with Crippen LogP contribution >= 0.6 is 22.6 Å². The Morgan fingerprint density at radius 3 is 2.91 bits per heavy atom. The number of rotatable bonds is 4. The number of aromatic nitrogens is 1. The van der Waals surface area contributed by atoms with E-state index >= 15 is 0 Å². The molecule has 6 nitrogen and oxygen atoms in total. The summed E-state index contributed by atoms with van der Waals surface area (Å²) >= 11 is 2.12. The molecular formula is C16H9IN2O4. The fourth-order valence-corrected chi connectivity index (χ4v) is 2.51. The van der Waals surface area contributed by atoms with Crippen LogP contribution in [0.2, 0.25) is 0 Å². The number of carboxylic acid groups (broad SMARTS) is 1. The minimum Gasteiger partial charge on any atom is -0.482 e. The largest absolute Gasteiger partial charge is 0.482 e. The lowest BCUT2D eigenvalue weighted by Gasteiger charge is -2.05. The summed E-state index contributed by atoms with van der Waals surface area (Å²) in [7, 11) is 0. The molecule has 23 heavy (non-hydrogen) atoms. The third kappa shape index (κ3) is 3.27. The summed E-state index contributed by atoms with van der Waals surface area (Å²) in [5.41, 5.74) is 1.50. The van der Waals surface area contributed by atoms with Gasteiger partial charge in [-0.15, -0.1) is 0 Å². The fraction of sp³-hybridized carbons (Fsp3) is 0.0625. The van der Waals surface area contributed by atoms with Crippen molar-refractivity contribution in [3.8, 4) is 11.8 Å². The molecule has 0 amide bonds. The van der Waals surface area contributed by atoms with Crippen LogP contribution in [-0.2, 0) is 6.61 Å². The second kappa shape index (κ2) is 6.26. The summed E-state index contributed by atoms with van der Waals surface area (Å²) in [6.45, 7) is 0.0480. The number of nitrogens with zero attached hydrogens (tertiary/aromatic N) is 2. The Hall–Kier alpha value is -2.60. The molecule has 0 aliphatic heterocycles. The first-order valence-corrected chi connectivity index (χ1v) is 7.60. The van der Waals surface area contributed by atoms with Gasteiger partial charge >= 0.3 is 5.97 Å². The second-order valence-corrected chi connectivity index (χ2v) is 5.88. The number of carbonyl (C=O) groups is 1. The standard InChI is InChI=1S/C16H9IN2O4/c17-11-2-4-13(10(5-11)7-18)22-8-15-19-12-3-1-9(16(20)21)6-14(12)23-15/h1-6H,8H2,(H,20,21). The number of fused-ring (bicyclic) bond motifs is 1. The Morgan fingerprint density at radius 1 is 1.35 bits per heavy atom. The minimum absolute atomic E-state index is 0.0480. The van der Waals surface area contributed by atoms with Gasteiger partial charge in [0.25, 0.3) is 0 Å². The van der Waals surface area contributed by atoms with Crippen LogP contribution in [0.5, 0.6) is 5.75 Å². The molecule has 0 unspecified atom stereocenters. The number of nitriles is 1. The molecule has 0 radical (unpaired) electrons. The zero-order valence-electron chi connectivity index (χ0n) is 11.6. The number of halogens is 1. The Kier molecular flexibility index (Phi) is 4.16. The SMILES string of the molecule is N#Cc1cc(I)ccc1OCc1nc2ccc(C(=O)O)cc2o1. The van der Waals surface area contributed by atoms with E-state index in [0.717, 1.165) is 3.57 Å². The number of oxazole rings is 1. The van der Waals surface area contributed by atoms with Crippen molar-refractivity contribution in [2.24, 2.45) is 0 Å². The fourth-order valence-electron chi connectivity index (χ4n) is 2.02. The lowest BCUT2D eigenvalue weighted by atomic mass is 10.2. The first kappa shape index (κ1) is 15.3. The molecule has 1 aromatic heterocycles.